The van der Waals surface area contributed by atoms with Gasteiger partial charge in [0.25, 0.3) is 0 Å². The molecule has 0 saturated heterocycles. The summed E-state index contributed by atoms with van der Waals surface area (Å²) in [6, 6.07) is 4.32. The lowest BCUT2D eigenvalue weighted by Gasteiger charge is -2.20. The molecular formula is C14H23NOS. The van der Waals surface area contributed by atoms with Gasteiger partial charge in [-0.15, -0.1) is 0 Å². The number of ether oxygens (including phenoxy) is 1. The van der Waals surface area contributed by atoms with Gasteiger partial charge >= 0.3 is 0 Å². The lowest BCUT2D eigenvalue weighted by Crippen LogP contribution is -2.20. The Hall–Kier alpha value is -0.670. The molecule has 3 heteroatoms. The third-order valence-corrected chi connectivity index (χ3v) is 3.24. The first-order valence-corrected chi connectivity index (χ1v) is 6.65. The van der Waals surface area contributed by atoms with E-state index >= 15 is 0 Å². The van der Waals surface area contributed by atoms with Gasteiger partial charge in [-0.3, -0.25) is 0 Å². The Morgan fingerprint density at radius 3 is 2.59 bits per heavy atom. The highest BCUT2D eigenvalue weighted by molar-refractivity contribution is 7.80. The number of rotatable bonds is 6. The lowest BCUT2D eigenvalue weighted by molar-refractivity contribution is 0.318. The maximum absolute atomic E-state index is 5.47. The Labute approximate surface area is 110 Å². The molecule has 0 saturated carbocycles. The molecule has 2 nitrogen and oxygen atoms in total. The number of methoxy groups -OCH3 is 1. The second kappa shape index (κ2) is 6.92. The zero-order chi connectivity index (χ0) is 12.8. The first kappa shape index (κ1) is 14.4. The van der Waals surface area contributed by atoms with Crippen LogP contribution in [0.5, 0.6) is 5.75 Å². The van der Waals surface area contributed by atoms with Crippen molar-refractivity contribution >= 4 is 12.6 Å². The zero-order valence-electron chi connectivity index (χ0n) is 11.3. The molecule has 1 rings (SSSR count). The molecule has 0 atom stereocenters. The van der Waals surface area contributed by atoms with E-state index in [1.165, 1.54) is 16.7 Å². The maximum atomic E-state index is 5.47. The van der Waals surface area contributed by atoms with E-state index in [2.05, 4.69) is 50.6 Å². The molecule has 0 bridgehead atoms. The van der Waals surface area contributed by atoms with E-state index in [1.807, 2.05) is 0 Å². The van der Waals surface area contributed by atoms with Gasteiger partial charge in [0.05, 0.1) is 7.11 Å². The van der Waals surface area contributed by atoms with Crippen molar-refractivity contribution in [2.75, 3.05) is 26.5 Å². The normalized spacial score (nSPS) is 10.9. The van der Waals surface area contributed by atoms with Crippen LogP contribution in [0.4, 0.5) is 0 Å². The second-order valence-electron chi connectivity index (χ2n) is 4.58. The van der Waals surface area contributed by atoms with Crippen LogP contribution in [0.1, 0.15) is 23.1 Å². The number of hydrogen-bond acceptors (Lipinski definition) is 3. The first-order chi connectivity index (χ1) is 8.08. The predicted octanol–water partition coefficient (Wildman–Crippen LogP) is 3.06. The minimum atomic E-state index is 0.934. The van der Waals surface area contributed by atoms with Crippen molar-refractivity contribution in [1.82, 2.24) is 4.90 Å². The zero-order valence-corrected chi connectivity index (χ0v) is 12.2. The summed E-state index contributed by atoms with van der Waals surface area (Å²) in [5.74, 6) is 1.94. The molecule has 0 aliphatic heterocycles. The fourth-order valence-electron chi connectivity index (χ4n) is 2.03. The monoisotopic (exact) mass is 253 g/mol. The van der Waals surface area contributed by atoms with Crippen molar-refractivity contribution in [2.24, 2.45) is 0 Å². The highest BCUT2D eigenvalue weighted by Crippen LogP contribution is 2.25. The molecule has 0 aliphatic carbocycles. The molecule has 0 amide bonds. The Morgan fingerprint density at radius 2 is 2.00 bits per heavy atom. The Balaban J connectivity index is 2.82. The lowest BCUT2D eigenvalue weighted by atomic mass is 10.0. The quantitative estimate of drug-likeness (QED) is 0.782. The number of aryl methyl sites for hydroxylation is 2. The molecule has 1 aromatic carbocycles. The number of nitrogens with zero attached hydrogens (tertiary/aromatic N) is 1. The summed E-state index contributed by atoms with van der Waals surface area (Å²) in [6.07, 6.45) is 1.12. The molecule has 0 aliphatic rings. The van der Waals surface area contributed by atoms with Crippen molar-refractivity contribution in [3.63, 3.8) is 0 Å². The van der Waals surface area contributed by atoms with E-state index in [0.717, 1.165) is 31.0 Å². The molecule has 0 fully saturated rings. The summed E-state index contributed by atoms with van der Waals surface area (Å²) in [6.45, 7) is 6.25. The number of hydrogen-bond donors (Lipinski definition) is 1. The summed E-state index contributed by atoms with van der Waals surface area (Å²) in [5.41, 5.74) is 3.85. The van der Waals surface area contributed by atoms with Gasteiger partial charge in [-0.05, 0) is 56.8 Å². The second-order valence-corrected chi connectivity index (χ2v) is 5.02. The molecule has 17 heavy (non-hydrogen) atoms. The van der Waals surface area contributed by atoms with Gasteiger partial charge < -0.3 is 9.64 Å². The smallest absolute Gasteiger partial charge is 0.123 e. The van der Waals surface area contributed by atoms with Crippen LogP contribution in [0.15, 0.2) is 12.1 Å². The van der Waals surface area contributed by atoms with Crippen LogP contribution in [0.3, 0.4) is 0 Å². The van der Waals surface area contributed by atoms with E-state index in [0.29, 0.717) is 0 Å². The van der Waals surface area contributed by atoms with Crippen LogP contribution in [-0.2, 0) is 6.54 Å². The summed E-state index contributed by atoms with van der Waals surface area (Å²) < 4.78 is 5.47. The molecule has 1 aromatic rings. The van der Waals surface area contributed by atoms with Crippen molar-refractivity contribution < 1.29 is 4.74 Å². The Morgan fingerprint density at radius 1 is 1.29 bits per heavy atom. The van der Waals surface area contributed by atoms with Crippen molar-refractivity contribution in [3.8, 4) is 5.75 Å². The van der Waals surface area contributed by atoms with Crippen LogP contribution in [0, 0.1) is 13.8 Å². The van der Waals surface area contributed by atoms with Crippen LogP contribution in [0.2, 0.25) is 0 Å². The summed E-state index contributed by atoms with van der Waals surface area (Å²) in [7, 11) is 3.88. The molecule has 0 unspecified atom stereocenters. The SMILES string of the molecule is COc1cc(C)cc(C)c1CN(C)CCCS. The third-order valence-electron chi connectivity index (χ3n) is 2.92. The van der Waals surface area contributed by atoms with Crippen molar-refractivity contribution in [3.05, 3.63) is 28.8 Å². The van der Waals surface area contributed by atoms with Gasteiger partial charge in [0, 0.05) is 12.1 Å². The fourth-order valence-corrected chi connectivity index (χ4v) is 2.17. The highest BCUT2D eigenvalue weighted by Gasteiger charge is 2.10. The largest absolute Gasteiger partial charge is 0.496 e. The standard InChI is InChI=1S/C14H23NOS/c1-11-8-12(2)13(14(9-11)16-4)10-15(3)6-5-7-17/h8-9,17H,5-7,10H2,1-4H3. The van der Waals surface area contributed by atoms with Crippen molar-refractivity contribution in [1.29, 1.82) is 0 Å². The average Bonchev–Trinajstić information content (AvgIpc) is 2.29. The van der Waals surface area contributed by atoms with Gasteiger partial charge in [-0.2, -0.15) is 12.6 Å². The van der Waals surface area contributed by atoms with Crippen molar-refractivity contribution in [2.45, 2.75) is 26.8 Å². The summed E-state index contributed by atoms with van der Waals surface area (Å²) >= 11 is 4.24. The van der Waals surface area contributed by atoms with E-state index in [9.17, 15) is 0 Å². The highest BCUT2D eigenvalue weighted by atomic mass is 32.1. The third kappa shape index (κ3) is 4.25. The van der Waals surface area contributed by atoms with E-state index in [4.69, 9.17) is 4.74 Å². The first-order valence-electron chi connectivity index (χ1n) is 6.02. The van der Waals surface area contributed by atoms with Crippen LogP contribution in [-0.4, -0.2) is 31.4 Å². The number of thiol groups is 1. The fraction of sp³-hybridized carbons (Fsp3) is 0.571. The number of benzene rings is 1. The van der Waals surface area contributed by atoms with Crippen LogP contribution in [0.25, 0.3) is 0 Å². The van der Waals surface area contributed by atoms with E-state index < -0.39 is 0 Å². The Bertz CT molecular complexity index is 365. The topological polar surface area (TPSA) is 12.5 Å². The minimum absolute atomic E-state index is 0.934. The van der Waals surface area contributed by atoms with Gasteiger partial charge in [0.1, 0.15) is 5.75 Å². The average molecular weight is 253 g/mol. The maximum Gasteiger partial charge on any atom is 0.123 e. The molecule has 0 spiro atoms. The van der Waals surface area contributed by atoms with Crippen LogP contribution < -0.4 is 4.74 Å². The van der Waals surface area contributed by atoms with Gasteiger partial charge in [0.2, 0.25) is 0 Å². The minimum Gasteiger partial charge on any atom is -0.496 e. The van der Waals surface area contributed by atoms with Gasteiger partial charge in [-0.1, -0.05) is 6.07 Å². The molecule has 0 aromatic heterocycles. The molecule has 0 heterocycles. The molecule has 0 radical (unpaired) electrons. The Kier molecular flexibility index (Phi) is 5.86. The van der Waals surface area contributed by atoms with Gasteiger partial charge in [-0.25, -0.2) is 0 Å². The molecular weight excluding hydrogens is 230 g/mol. The molecule has 96 valence electrons. The van der Waals surface area contributed by atoms with Crippen LogP contribution >= 0.6 is 12.6 Å². The van der Waals surface area contributed by atoms with E-state index in [1.54, 1.807) is 7.11 Å². The summed E-state index contributed by atoms with van der Waals surface area (Å²) in [5, 5.41) is 0. The van der Waals surface area contributed by atoms with Gasteiger partial charge in [0.15, 0.2) is 0 Å². The van der Waals surface area contributed by atoms with E-state index in [-0.39, 0.29) is 0 Å². The predicted molar refractivity (Wildman–Crippen MR) is 77.3 cm³/mol. The summed E-state index contributed by atoms with van der Waals surface area (Å²) in [4.78, 5) is 2.32. The molecule has 0 N–H and O–H groups in total.